The maximum absolute atomic E-state index is 12.2. The summed E-state index contributed by atoms with van der Waals surface area (Å²) in [6, 6.07) is 8.53. The Hall–Kier alpha value is -1.96. The number of sulfonamides is 1. The molecule has 0 saturated carbocycles. The van der Waals surface area contributed by atoms with Crippen LogP contribution in [0.3, 0.4) is 0 Å². The van der Waals surface area contributed by atoms with Crippen molar-refractivity contribution < 1.29 is 8.42 Å². The summed E-state index contributed by atoms with van der Waals surface area (Å²) in [4.78, 5) is 5.49. The molecule has 4 rings (SSSR count). The zero-order valence-corrected chi connectivity index (χ0v) is 18.0. The smallest absolute Gasteiger partial charge is 0.248 e. The van der Waals surface area contributed by atoms with Crippen LogP contribution in [0, 0.1) is 12.8 Å². The number of hydrogen-bond acceptors (Lipinski definition) is 4. The highest BCUT2D eigenvalue weighted by molar-refractivity contribution is 7.91. The molecular weight excluding hydrogens is 390 g/mol. The minimum atomic E-state index is -3.77. The van der Waals surface area contributed by atoms with Crippen LogP contribution in [0.2, 0.25) is 0 Å². The van der Waals surface area contributed by atoms with Crippen LogP contribution < -0.4 is 5.14 Å². The summed E-state index contributed by atoms with van der Waals surface area (Å²) >= 11 is 1.31. The van der Waals surface area contributed by atoms with E-state index in [0.717, 1.165) is 46.7 Å². The van der Waals surface area contributed by atoms with E-state index in [-0.39, 0.29) is 4.21 Å². The summed E-state index contributed by atoms with van der Waals surface area (Å²) in [5.74, 6) is 1.57. The lowest BCUT2D eigenvalue weighted by molar-refractivity contribution is 0.600. The monoisotopic (exact) mass is 415 g/mol. The Bertz CT molecular complexity index is 1110. The molecule has 7 heteroatoms. The number of imidazole rings is 1. The van der Waals surface area contributed by atoms with Crippen molar-refractivity contribution in [1.82, 2.24) is 9.55 Å². The summed E-state index contributed by atoms with van der Waals surface area (Å²) in [5, 5.41) is 5.55. The molecule has 0 amide bonds. The van der Waals surface area contributed by atoms with Gasteiger partial charge in [-0.15, -0.1) is 11.3 Å². The van der Waals surface area contributed by atoms with Crippen molar-refractivity contribution in [2.45, 2.75) is 50.3 Å². The van der Waals surface area contributed by atoms with Gasteiger partial charge in [0.15, 0.2) is 0 Å². The fourth-order valence-electron chi connectivity index (χ4n) is 4.06. The predicted molar refractivity (Wildman–Crippen MR) is 113 cm³/mol. The first-order valence-electron chi connectivity index (χ1n) is 9.52. The molecule has 2 aromatic heterocycles. The first-order chi connectivity index (χ1) is 13.3. The van der Waals surface area contributed by atoms with E-state index in [1.807, 2.05) is 31.5 Å². The summed E-state index contributed by atoms with van der Waals surface area (Å²) in [6.07, 6.45) is 6.75. The number of rotatable bonds is 5. The minimum absolute atomic E-state index is 0.270. The van der Waals surface area contributed by atoms with Crippen LogP contribution in [0.1, 0.15) is 48.1 Å². The standard InChI is InChI=1S/C21H25N3O2S2/c1-13(2)12-18-14(3)20(21(27-18)28(22,25)26)16-6-4-15(5-7-16)17-8-9-19-23-10-11-24(17)19/h4-7,10-11,13,17H,8-9,12H2,1-3H3,(H2,22,25,26)/t17-/m1/s1. The molecule has 0 unspecified atom stereocenters. The topological polar surface area (TPSA) is 78.0 Å². The van der Waals surface area contributed by atoms with Crippen LogP contribution in [0.15, 0.2) is 40.9 Å². The molecule has 0 radical (unpaired) electrons. The highest BCUT2D eigenvalue weighted by atomic mass is 32.2. The molecule has 0 saturated heterocycles. The molecule has 2 N–H and O–H groups in total. The molecular formula is C21H25N3O2S2. The van der Waals surface area contributed by atoms with Gasteiger partial charge in [-0.2, -0.15) is 0 Å². The average Bonchev–Trinajstić information content (AvgIpc) is 3.30. The number of fused-ring (bicyclic) bond motifs is 1. The average molecular weight is 416 g/mol. The molecule has 0 fully saturated rings. The molecule has 1 aliphatic heterocycles. The van der Waals surface area contributed by atoms with Crippen LogP contribution in [0.4, 0.5) is 0 Å². The fraction of sp³-hybridized carbons (Fsp3) is 0.381. The van der Waals surface area contributed by atoms with E-state index < -0.39 is 10.0 Å². The fourth-order valence-corrected chi connectivity index (χ4v) is 6.65. The Morgan fingerprint density at radius 3 is 2.64 bits per heavy atom. The van der Waals surface area contributed by atoms with Gasteiger partial charge in [0.25, 0.3) is 0 Å². The number of thiophene rings is 1. The summed E-state index contributed by atoms with van der Waals surface area (Å²) in [7, 11) is -3.77. The van der Waals surface area contributed by atoms with Gasteiger partial charge in [0.1, 0.15) is 10.0 Å². The molecule has 28 heavy (non-hydrogen) atoms. The van der Waals surface area contributed by atoms with Crippen molar-refractivity contribution in [3.8, 4) is 11.1 Å². The first-order valence-corrected chi connectivity index (χ1v) is 11.9. The summed E-state index contributed by atoms with van der Waals surface area (Å²) < 4.78 is 27.0. The third kappa shape index (κ3) is 3.43. The largest absolute Gasteiger partial charge is 0.327 e. The second kappa shape index (κ2) is 7.13. The lowest BCUT2D eigenvalue weighted by Crippen LogP contribution is -2.11. The lowest BCUT2D eigenvalue weighted by atomic mass is 9.97. The van der Waals surface area contributed by atoms with Crippen LogP contribution in [0.5, 0.6) is 0 Å². The van der Waals surface area contributed by atoms with Gasteiger partial charge in [-0.1, -0.05) is 38.1 Å². The van der Waals surface area contributed by atoms with E-state index in [9.17, 15) is 8.42 Å². The number of aryl methyl sites for hydroxylation is 1. The van der Waals surface area contributed by atoms with Crippen LogP contribution in [-0.4, -0.2) is 18.0 Å². The molecule has 3 aromatic rings. The molecule has 1 atom stereocenters. The van der Waals surface area contributed by atoms with E-state index in [2.05, 4.69) is 35.5 Å². The van der Waals surface area contributed by atoms with E-state index in [1.165, 1.54) is 16.9 Å². The quantitative estimate of drug-likeness (QED) is 0.675. The normalized spacial score (nSPS) is 16.7. The highest BCUT2D eigenvalue weighted by Gasteiger charge is 2.26. The number of aromatic nitrogens is 2. The minimum Gasteiger partial charge on any atom is -0.327 e. The van der Waals surface area contributed by atoms with Gasteiger partial charge in [-0.3, -0.25) is 0 Å². The molecule has 0 spiro atoms. The van der Waals surface area contributed by atoms with Crippen LogP contribution in [-0.2, 0) is 22.9 Å². The maximum atomic E-state index is 12.2. The molecule has 5 nitrogen and oxygen atoms in total. The summed E-state index contributed by atoms with van der Waals surface area (Å²) in [5.41, 5.74) is 3.89. The molecule has 0 bridgehead atoms. The van der Waals surface area contributed by atoms with Crippen LogP contribution >= 0.6 is 11.3 Å². The Balaban J connectivity index is 1.74. The molecule has 0 aliphatic carbocycles. The Morgan fingerprint density at radius 1 is 1.29 bits per heavy atom. The van der Waals surface area contributed by atoms with Gasteiger partial charge < -0.3 is 4.57 Å². The SMILES string of the molecule is Cc1c(CC(C)C)sc(S(N)(=O)=O)c1-c1ccc([C@H]2CCc3nccn32)cc1. The van der Waals surface area contributed by atoms with E-state index in [1.54, 1.807) is 0 Å². The van der Waals surface area contributed by atoms with Crippen molar-refractivity contribution in [2.24, 2.45) is 11.1 Å². The zero-order valence-electron chi connectivity index (χ0n) is 16.3. The van der Waals surface area contributed by atoms with Crippen molar-refractivity contribution in [3.63, 3.8) is 0 Å². The van der Waals surface area contributed by atoms with Gasteiger partial charge in [0, 0.05) is 29.3 Å². The first kappa shape index (κ1) is 19.4. The van der Waals surface area contributed by atoms with Crippen molar-refractivity contribution in [3.05, 3.63) is 58.5 Å². The number of hydrogen-bond donors (Lipinski definition) is 1. The third-order valence-electron chi connectivity index (χ3n) is 5.38. The zero-order chi connectivity index (χ0) is 20.1. The van der Waals surface area contributed by atoms with Gasteiger partial charge in [0.05, 0.1) is 6.04 Å². The maximum Gasteiger partial charge on any atom is 0.248 e. The van der Waals surface area contributed by atoms with E-state index in [4.69, 9.17) is 5.14 Å². The van der Waals surface area contributed by atoms with E-state index >= 15 is 0 Å². The second-order valence-corrected chi connectivity index (χ2v) is 10.7. The molecule has 148 valence electrons. The summed E-state index contributed by atoms with van der Waals surface area (Å²) in [6.45, 7) is 6.27. The number of nitrogens with two attached hydrogens (primary N) is 1. The second-order valence-electron chi connectivity index (χ2n) is 7.88. The molecule has 1 aliphatic rings. The van der Waals surface area contributed by atoms with Crippen LogP contribution in [0.25, 0.3) is 11.1 Å². The van der Waals surface area contributed by atoms with Crippen molar-refractivity contribution in [2.75, 3.05) is 0 Å². The van der Waals surface area contributed by atoms with Gasteiger partial charge in [0.2, 0.25) is 10.0 Å². The number of benzene rings is 1. The molecule has 1 aromatic carbocycles. The lowest BCUT2D eigenvalue weighted by Gasteiger charge is -2.14. The van der Waals surface area contributed by atoms with Crippen molar-refractivity contribution >= 4 is 21.4 Å². The Labute approximate surface area is 170 Å². The molecule has 3 heterocycles. The predicted octanol–water partition coefficient (Wildman–Crippen LogP) is 4.30. The Morgan fingerprint density at radius 2 is 2.00 bits per heavy atom. The highest BCUT2D eigenvalue weighted by Crippen LogP contribution is 2.40. The third-order valence-corrected chi connectivity index (χ3v) is 8.15. The van der Waals surface area contributed by atoms with Gasteiger partial charge >= 0.3 is 0 Å². The van der Waals surface area contributed by atoms with Gasteiger partial charge in [-0.25, -0.2) is 18.5 Å². The van der Waals surface area contributed by atoms with Crippen molar-refractivity contribution in [1.29, 1.82) is 0 Å². The number of primary sulfonamides is 1. The Kier molecular flexibility index (Phi) is 4.93. The van der Waals surface area contributed by atoms with E-state index in [0.29, 0.717) is 12.0 Å². The van der Waals surface area contributed by atoms with Gasteiger partial charge in [-0.05, 0) is 42.4 Å². The number of nitrogens with zero attached hydrogens (tertiary/aromatic N) is 2.